The third kappa shape index (κ3) is 3.42. The number of hydrogen-bond acceptors (Lipinski definition) is 3. The molecule has 1 aromatic heterocycles. The first-order valence-electron chi connectivity index (χ1n) is 6.63. The molecule has 1 aromatic carbocycles. The molecule has 0 atom stereocenters. The van der Waals surface area contributed by atoms with Crippen molar-refractivity contribution in [3.05, 3.63) is 48.8 Å². The smallest absolute Gasteiger partial charge is 0.266 e. The van der Waals surface area contributed by atoms with E-state index < -0.39 is 5.56 Å². The van der Waals surface area contributed by atoms with Gasteiger partial charge in [0, 0.05) is 21.3 Å². The Bertz CT molecular complexity index is 820. The van der Waals surface area contributed by atoms with Gasteiger partial charge in [0.2, 0.25) is 0 Å². The molecule has 1 heterocycles. The van der Waals surface area contributed by atoms with Gasteiger partial charge in [0.1, 0.15) is 17.4 Å². The zero-order valence-corrected chi connectivity index (χ0v) is 15.5. The Labute approximate surface area is 145 Å². The van der Waals surface area contributed by atoms with Gasteiger partial charge in [-0.15, -0.1) is 0 Å². The maximum Gasteiger partial charge on any atom is 0.266 e. The van der Waals surface area contributed by atoms with Crippen LogP contribution in [0.3, 0.4) is 0 Å². The maximum atomic E-state index is 12.0. The number of halogens is 2. The van der Waals surface area contributed by atoms with Crippen molar-refractivity contribution in [2.45, 2.75) is 26.9 Å². The summed E-state index contributed by atoms with van der Waals surface area (Å²) in [4.78, 5) is 14.7. The van der Waals surface area contributed by atoms with Crippen LogP contribution in [0.2, 0.25) is 0 Å². The lowest BCUT2D eigenvalue weighted by atomic mass is 10.00. The highest BCUT2D eigenvalue weighted by Crippen LogP contribution is 2.40. The standard InChI is InChI=1S/C16H14Br2N2O2/c1-8(2)22-15-12(5-10(17)6-14(15)18)11-4-9(3)20-16(21)13(11)7-19/h4-6,8H,1-3H3,(H,20,21). The quantitative estimate of drug-likeness (QED) is 0.785. The fourth-order valence-corrected chi connectivity index (χ4v) is 3.45. The molecule has 6 heteroatoms. The van der Waals surface area contributed by atoms with Crippen LogP contribution in [-0.2, 0) is 0 Å². The van der Waals surface area contributed by atoms with Gasteiger partial charge in [-0.25, -0.2) is 0 Å². The van der Waals surface area contributed by atoms with Gasteiger partial charge in [-0.05, 0) is 54.9 Å². The van der Waals surface area contributed by atoms with E-state index in [0.717, 1.165) is 8.95 Å². The molecule has 0 aliphatic heterocycles. The highest BCUT2D eigenvalue weighted by molar-refractivity contribution is 9.11. The number of H-pyrrole nitrogens is 1. The highest BCUT2D eigenvalue weighted by Gasteiger charge is 2.18. The zero-order chi connectivity index (χ0) is 16.4. The lowest BCUT2D eigenvalue weighted by Gasteiger charge is -2.17. The number of nitrogens with zero attached hydrogens (tertiary/aromatic N) is 1. The molecule has 0 fully saturated rings. The van der Waals surface area contributed by atoms with Crippen molar-refractivity contribution in [2.75, 3.05) is 0 Å². The van der Waals surface area contributed by atoms with Crippen LogP contribution in [0, 0.1) is 18.3 Å². The van der Waals surface area contributed by atoms with Gasteiger partial charge in [0.25, 0.3) is 5.56 Å². The molecule has 0 saturated carbocycles. The summed E-state index contributed by atoms with van der Waals surface area (Å²) >= 11 is 6.92. The number of hydrogen-bond donors (Lipinski definition) is 1. The van der Waals surface area contributed by atoms with E-state index in [1.807, 2.05) is 32.0 Å². The van der Waals surface area contributed by atoms with Gasteiger partial charge >= 0.3 is 0 Å². The van der Waals surface area contributed by atoms with Gasteiger partial charge in [0.05, 0.1) is 10.6 Å². The molecule has 0 saturated heterocycles. The zero-order valence-electron chi connectivity index (χ0n) is 12.3. The Morgan fingerprint density at radius 1 is 1.23 bits per heavy atom. The Hall–Kier alpha value is -1.58. The molecule has 0 radical (unpaired) electrons. The predicted molar refractivity (Wildman–Crippen MR) is 93.1 cm³/mol. The van der Waals surface area contributed by atoms with Crippen LogP contribution >= 0.6 is 31.9 Å². The maximum absolute atomic E-state index is 12.0. The van der Waals surface area contributed by atoms with Crippen LogP contribution in [0.15, 0.2) is 31.9 Å². The summed E-state index contributed by atoms with van der Waals surface area (Å²) in [5, 5.41) is 9.33. The fourth-order valence-electron chi connectivity index (χ4n) is 2.13. The molecule has 0 aliphatic rings. The summed E-state index contributed by atoms with van der Waals surface area (Å²) in [7, 11) is 0. The van der Waals surface area contributed by atoms with Gasteiger partial charge in [-0.3, -0.25) is 4.79 Å². The second kappa shape index (κ2) is 6.67. The van der Waals surface area contributed by atoms with E-state index in [9.17, 15) is 10.1 Å². The van der Waals surface area contributed by atoms with Crippen LogP contribution in [0.1, 0.15) is 25.1 Å². The predicted octanol–water partition coefficient (Wildman–Crippen LogP) is 4.53. The van der Waals surface area contributed by atoms with Crippen molar-refractivity contribution in [3.63, 3.8) is 0 Å². The largest absolute Gasteiger partial charge is 0.489 e. The summed E-state index contributed by atoms with van der Waals surface area (Å²) in [6.07, 6.45) is -0.0372. The molecule has 0 spiro atoms. The van der Waals surface area contributed by atoms with Crippen LogP contribution in [-0.4, -0.2) is 11.1 Å². The molecule has 0 unspecified atom stereocenters. The van der Waals surface area contributed by atoms with E-state index in [2.05, 4.69) is 36.8 Å². The molecule has 0 amide bonds. The molecular weight excluding hydrogens is 412 g/mol. The van der Waals surface area contributed by atoms with E-state index in [4.69, 9.17) is 4.74 Å². The van der Waals surface area contributed by atoms with E-state index >= 15 is 0 Å². The van der Waals surface area contributed by atoms with E-state index in [1.165, 1.54) is 0 Å². The van der Waals surface area contributed by atoms with Crippen molar-refractivity contribution >= 4 is 31.9 Å². The average molecular weight is 426 g/mol. The monoisotopic (exact) mass is 424 g/mol. The molecule has 114 valence electrons. The molecule has 0 bridgehead atoms. The second-order valence-electron chi connectivity index (χ2n) is 5.11. The lowest BCUT2D eigenvalue weighted by Crippen LogP contribution is -2.14. The number of nitrogens with one attached hydrogen (secondary N) is 1. The number of aromatic nitrogens is 1. The Balaban J connectivity index is 2.83. The second-order valence-corrected chi connectivity index (χ2v) is 6.88. The average Bonchev–Trinajstić information content (AvgIpc) is 2.40. The molecule has 1 N–H and O–H groups in total. The lowest BCUT2D eigenvalue weighted by molar-refractivity contribution is 0.242. The summed E-state index contributed by atoms with van der Waals surface area (Å²) < 4.78 is 7.46. The topological polar surface area (TPSA) is 65.9 Å². The Morgan fingerprint density at radius 2 is 1.91 bits per heavy atom. The Morgan fingerprint density at radius 3 is 2.50 bits per heavy atom. The number of ether oxygens (including phenoxy) is 1. The molecule has 0 aliphatic carbocycles. The summed E-state index contributed by atoms with van der Waals surface area (Å²) in [6, 6.07) is 7.47. The van der Waals surface area contributed by atoms with Crippen LogP contribution in [0.4, 0.5) is 0 Å². The van der Waals surface area contributed by atoms with Crippen molar-refractivity contribution in [3.8, 4) is 22.9 Å². The molecule has 4 nitrogen and oxygen atoms in total. The number of rotatable bonds is 3. The highest BCUT2D eigenvalue weighted by atomic mass is 79.9. The first-order chi connectivity index (χ1) is 10.3. The number of benzene rings is 1. The molecular formula is C16H14Br2N2O2. The van der Waals surface area contributed by atoms with E-state index in [1.54, 1.807) is 13.0 Å². The van der Waals surface area contributed by atoms with Crippen molar-refractivity contribution in [1.29, 1.82) is 5.26 Å². The van der Waals surface area contributed by atoms with Crippen molar-refractivity contribution < 1.29 is 4.74 Å². The number of nitriles is 1. The first-order valence-corrected chi connectivity index (χ1v) is 8.22. The van der Waals surface area contributed by atoms with Gasteiger partial charge < -0.3 is 9.72 Å². The molecule has 2 rings (SSSR count). The van der Waals surface area contributed by atoms with Gasteiger partial charge in [0.15, 0.2) is 0 Å². The summed E-state index contributed by atoms with van der Waals surface area (Å²) in [5.74, 6) is 0.611. The summed E-state index contributed by atoms with van der Waals surface area (Å²) in [5.41, 5.74) is 1.61. The van der Waals surface area contributed by atoms with E-state index in [0.29, 0.717) is 22.6 Å². The first kappa shape index (κ1) is 16.8. The minimum Gasteiger partial charge on any atom is -0.489 e. The minimum absolute atomic E-state index is 0.0372. The fraction of sp³-hybridized carbons (Fsp3) is 0.250. The number of aromatic amines is 1. The molecule has 2 aromatic rings. The third-order valence-corrected chi connectivity index (χ3v) is 3.98. The van der Waals surface area contributed by atoms with Gasteiger partial charge in [-0.2, -0.15) is 5.26 Å². The summed E-state index contributed by atoms with van der Waals surface area (Å²) in [6.45, 7) is 5.63. The van der Waals surface area contributed by atoms with Crippen LogP contribution in [0.25, 0.3) is 11.1 Å². The van der Waals surface area contributed by atoms with E-state index in [-0.39, 0.29) is 11.7 Å². The SMILES string of the molecule is Cc1cc(-c2cc(Br)cc(Br)c2OC(C)C)c(C#N)c(=O)[nH]1. The number of aryl methyl sites for hydroxylation is 1. The normalized spacial score (nSPS) is 10.6. The van der Waals surface area contributed by atoms with Gasteiger partial charge in [-0.1, -0.05) is 15.9 Å². The van der Waals surface area contributed by atoms with Crippen molar-refractivity contribution in [1.82, 2.24) is 4.98 Å². The molecule has 22 heavy (non-hydrogen) atoms. The number of pyridine rings is 1. The van der Waals surface area contributed by atoms with Crippen LogP contribution in [0.5, 0.6) is 5.75 Å². The van der Waals surface area contributed by atoms with Crippen LogP contribution < -0.4 is 10.3 Å². The minimum atomic E-state index is -0.399. The van der Waals surface area contributed by atoms with Crippen molar-refractivity contribution in [2.24, 2.45) is 0 Å². The third-order valence-electron chi connectivity index (χ3n) is 2.93. The Kier molecular flexibility index (Phi) is 5.09.